The molecule has 1 fully saturated rings. The molecule has 0 aromatic heterocycles. The zero-order chi connectivity index (χ0) is 6.53. The Balaban J connectivity index is 2.30. The molecule has 0 aliphatic carbocycles. The van der Waals surface area contributed by atoms with Gasteiger partial charge in [0.2, 0.25) is 0 Å². The molecule has 1 aliphatic rings. The first-order valence-corrected chi connectivity index (χ1v) is 4.50. The second-order valence-corrected chi connectivity index (χ2v) is 2.91. The first-order valence-electron chi connectivity index (χ1n) is 3.38. The van der Waals surface area contributed by atoms with E-state index in [0.717, 1.165) is 5.33 Å². The topological polar surface area (TPSA) is 12.0 Å². The lowest BCUT2D eigenvalue weighted by atomic mass is 10.1. The van der Waals surface area contributed by atoms with E-state index in [1.54, 1.807) is 5.57 Å². The molecule has 0 bridgehead atoms. The molecular formula is C7H12BrN. The number of allylic oxidation sites excluding steroid dienone is 1. The molecule has 1 saturated heterocycles. The van der Waals surface area contributed by atoms with Crippen molar-refractivity contribution in [3.8, 4) is 0 Å². The van der Waals surface area contributed by atoms with E-state index >= 15 is 0 Å². The molecule has 0 unspecified atom stereocenters. The summed E-state index contributed by atoms with van der Waals surface area (Å²) in [7, 11) is 0. The van der Waals surface area contributed by atoms with Crippen molar-refractivity contribution < 1.29 is 0 Å². The highest BCUT2D eigenvalue weighted by atomic mass is 79.9. The molecule has 1 N–H and O–H groups in total. The van der Waals surface area contributed by atoms with E-state index in [2.05, 4.69) is 27.3 Å². The van der Waals surface area contributed by atoms with Crippen LogP contribution in [-0.4, -0.2) is 18.4 Å². The molecule has 0 spiro atoms. The van der Waals surface area contributed by atoms with Crippen molar-refractivity contribution in [2.45, 2.75) is 12.8 Å². The first kappa shape index (κ1) is 7.29. The zero-order valence-electron chi connectivity index (χ0n) is 5.49. The van der Waals surface area contributed by atoms with Crippen LogP contribution in [-0.2, 0) is 0 Å². The van der Waals surface area contributed by atoms with Gasteiger partial charge in [0.15, 0.2) is 0 Å². The van der Waals surface area contributed by atoms with Gasteiger partial charge < -0.3 is 5.32 Å². The van der Waals surface area contributed by atoms with E-state index in [4.69, 9.17) is 0 Å². The molecule has 0 aromatic carbocycles. The molecule has 0 radical (unpaired) electrons. The highest BCUT2D eigenvalue weighted by Crippen LogP contribution is 2.09. The number of hydrogen-bond acceptors (Lipinski definition) is 1. The minimum absolute atomic E-state index is 1.02. The van der Waals surface area contributed by atoms with Crippen LogP contribution in [0.25, 0.3) is 0 Å². The second-order valence-electron chi connectivity index (χ2n) is 2.27. The summed E-state index contributed by atoms with van der Waals surface area (Å²) in [5.74, 6) is 0. The Kier molecular flexibility index (Phi) is 3.30. The van der Waals surface area contributed by atoms with E-state index < -0.39 is 0 Å². The van der Waals surface area contributed by atoms with Crippen LogP contribution in [0.4, 0.5) is 0 Å². The predicted octanol–water partition coefficient (Wildman–Crippen LogP) is 1.69. The van der Waals surface area contributed by atoms with Gasteiger partial charge in [0.05, 0.1) is 0 Å². The summed E-state index contributed by atoms with van der Waals surface area (Å²) in [6.45, 7) is 2.33. The maximum absolute atomic E-state index is 3.39. The summed E-state index contributed by atoms with van der Waals surface area (Å²) in [6.07, 6.45) is 4.76. The lowest BCUT2D eigenvalue weighted by Crippen LogP contribution is -2.23. The molecular weight excluding hydrogens is 178 g/mol. The lowest BCUT2D eigenvalue weighted by Gasteiger charge is -2.14. The number of piperidine rings is 1. The van der Waals surface area contributed by atoms with Gasteiger partial charge >= 0.3 is 0 Å². The molecule has 1 heterocycles. The van der Waals surface area contributed by atoms with Gasteiger partial charge in [0.1, 0.15) is 0 Å². The van der Waals surface area contributed by atoms with Crippen LogP contribution >= 0.6 is 15.9 Å². The molecule has 2 heteroatoms. The summed E-state index contributed by atoms with van der Waals surface area (Å²) in [6, 6.07) is 0. The molecule has 52 valence electrons. The van der Waals surface area contributed by atoms with Gasteiger partial charge in [-0.25, -0.2) is 0 Å². The number of hydrogen-bond donors (Lipinski definition) is 1. The van der Waals surface area contributed by atoms with E-state index in [-0.39, 0.29) is 0 Å². The fraction of sp³-hybridized carbons (Fsp3) is 0.714. The number of halogens is 1. The Bertz CT molecular complexity index is 101. The van der Waals surface area contributed by atoms with Crippen LogP contribution in [0.5, 0.6) is 0 Å². The quantitative estimate of drug-likeness (QED) is 0.490. The monoisotopic (exact) mass is 189 g/mol. The maximum Gasteiger partial charge on any atom is 0.0214 e. The average Bonchev–Trinajstić information content (AvgIpc) is 1.91. The van der Waals surface area contributed by atoms with Crippen molar-refractivity contribution >= 4 is 15.9 Å². The van der Waals surface area contributed by atoms with Crippen molar-refractivity contribution in [1.82, 2.24) is 5.32 Å². The molecule has 1 aliphatic heterocycles. The van der Waals surface area contributed by atoms with E-state index in [0.29, 0.717) is 0 Å². The van der Waals surface area contributed by atoms with E-state index in [1.165, 1.54) is 25.9 Å². The Hall–Kier alpha value is 0.180. The van der Waals surface area contributed by atoms with Gasteiger partial charge in [-0.2, -0.15) is 0 Å². The second kappa shape index (κ2) is 4.07. The summed E-state index contributed by atoms with van der Waals surface area (Å²) < 4.78 is 0. The van der Waals surface area contributed by atoms with Crippen LogP contribution in [0.15, 0.2) is 11.6 Å². The van der Waals surface area contributed by atoms with E-state index in [9.17, 15) is 0 Å². The molecule has 0 aromatic rings. The Labute approximate surface area is 64.7 Å². The largest absolute Gasteiger partial charge is 0.316 e. The molecule has 0 amide bonds. The molecule has 0 atom stereocenters. The van der Waals surface area contributed by atoms with Crippen molar-refractivity contribution in [2.24, 2.45) is 0 Å². The maximum atomic E-state index is 3.39. The zero-order valence-corrected chi connectivity index (χ0v) is 7.08. The Morgan fingerprint density at radius 2 is 2.11 bits per heavy atom. The molecule has 1 rings (SSSR count). The van der Waals surface area contributed by atoms with Crippen molar-refractivity contribution in [1.29, 1.82) is 0 Å². The van der Waals surface area contributed by atoms with Gasteiger partial charge in [0.25, 0.3) is 0 Å². The smallest absolute Gasteiger partial charge is 0.0214 e. The number of rotatable bonds is 1. The highest BCUT2D eigenvalue weighted by molar-refractivity contribution is 9.09. The van der Waals surface area contributed by atoms with Gasteiger partial charge in [0, 0.05) is 5.33 Å². The van der Waals surface area contributed by atoms with Crippen LogP contribution < -0.4 is 5.32 Å². The standard InChI is InChI=1S/C7H12BrN/c8-4-1-7-2-5-9-6-3-7/h1,9H,2-6H2. The van der Waals surface area contributed by atoms with Crippen molar-refractivity contribution in [3.05, 3.63) is 11.6 Å². The Morgan fingerprint density at radius 3 is 2.67 bits per heavy atom. The molecule has 9 heavy (non-hydrogen) atoms. The van der Waals surface area contributed by atoms with Gasteiger partial charge in [-0.05, 0) is 25.9 Å². The first-order chi connectivity index (χ1) is 4.43. The predicted molar refractivity (Wildman–Crippen MR) is 44.0 cm³/mol. The third-order valence-corrected chi connectivity index (χ3v) is 1.94. The third kappa shape index (κ3) is 2.50. The summed E-state index contributed by atoms with van der Waals surface area (Å²) in [5, 5.41) is 4.33. The summed E-state index contributed by atoms with van der Waals surface area (Å²) in [4.78, 5) is 0. The normalized spacial score (nSPS) is 19.9. The van der Waals surface area contributed by atoms with Crippen LogP contribution in [0.2, 0.25) is 0 Å². The van der Waals surface area contributed by atoms with Crippen LogP contribution in [0, 0.1) is 0 Å². The van der Waals surface area contributed by atoms with Crippen LogP contribution in [0.1, 0.15) is 12.8 Å². The minimum atomic E-state index is 1.02. The van der Waals surface area contributed by atoms with E-state index in [1.807, 2.05) is 0 Å². The van der Waals surface area contributed by atoms with Gasteiger partial charge in [-0.1, -0.05) is 27.6 Å². The number of nitrogens with one attached hydrogen (secondary N) is 1. The van der Waals surface area contributed by atoms with Crippen molar-refractivity contribution in [3.63, 3.8) is 0 Å². The summed E-state index contributed by atoms with van der Waals surface area (Å²) >= 11 is 3.39. The Morgan fingerprint density at radius 1 is 1.44 bits per heavy atom. The summed E-state index contributed by atoms with van der Waals surface area (Å²) in [5.41, 5.74) is 1.60. The van der Waals surface area contributed by atoms with Crippen molar-refractivity contribution in [2.75, 3.05) is 18.4 Å². The highest BCUT2D eigenvalue weighted by Gasteiger charge is 2.01. The molecule has 0 saturated carbocycles. The fourth-order valence-corrected chi connectivity index (χ4v) is 1.52. The minimum Gasteiger partial charge on any atom is -0.316 e. The average molecular weight is 190 g/mol. The lowest BCUT2D eigenvalue weighted by molar-refractivity contribution is 0.609. The van der Waals surface area contributed by atoms with Gasteiger partial charge in [-0.3, -0.25) is 0 Å². The fourth-order valence-electron chi connectivity index (χ4n) is 1.06. The SMILES string of the molecule is BrCC=C1CCNCC1. The van der Waals surface area contributed by atoms with Crippen LogP contribution in [0.3, 0.4) is 0 Å². The third-order valence-electron chi connectivity index (χ3n) is 1.61. The number of alkyl halides is 1. The molecule has 1 nitrogen and oxygen atoms in total. The van der Waals surface area contributed by atoms with Gasteiger partial charge in [-0.15, -0.1) is 0 Å².